The zero-order valence-corrected chi connectivity index (χ0v) is 16.2. The van der Waals surface area contributed by atoms with Gasteiger partial charge in [-0.2, -0.15) is 4.65 Å². The predicted octanol–water partition coefficient (Wildman–Crippen LogP) is 4.55. The zero-order chi connectivity index (χ0) is 17.6. The van der Waals surface area contributed by atoms with E-state index in [1.54, 1.807) is 7.05 Å². The summed E-state index contributed by atoms with van der Waals surface area (Å²) in [6, 6.07) is 0. The Hall–Kier alpha value is -0.170. The van der Waals surface area contributed by atoms with Crippen molar-refractivity contribution in [1.82, 2.24) is 0 Å². The summed E-state index contributed by atoms with van der Waals surface area (Å²) in [5.74, 6) is 0. The average molecular weight is 352 g/mol. The van der Waals surface area contributed by atoms with Crippen LogP contribution in [0.2, 0.25) is 0 Å². The molecular weight excluding hydrogens is 314 g/mol. The topological polar surface area (TPSA) is 66.4 Å². The molecule has 0 aromatic rings. The Morgan fingerprint density at radius 2 is 1.17 bits per heavy atom. The predicted molar refractivity (Wildman–Crippen MR) is 93.5 cm³/mol. The Morgan fingerprint density at radius 3 is 1.52 bits per heavy atom. The van der Waals surface area contributed by atoms with E-state index in [1.807, 2.05) is 6.92 Å². The fourth-order valence-electron chi connectivity index (χ4n) is 2.76. The van der Waals surface area contributed by atoms with Gasteiger partial charge in [-0.3, -0.25) is 0 Å². The largest absolute Gasteiger partial charge is 0.722 e. The Kier molecular flexibility index (Phi) is 13.1. The van der Waals surface area contributed by atoms with Gasteiger partial charge in [0.1, 0.15) is 13.1 Å². The molecule has 0 amide bonds. The zero-order valence-electron chi connectivity index (χ0n) is 15.4. The van der Waals surface area contributed by atoms with Gasteiger partial charge in [0, 0.05) is 0 Å². The van der Waals surface area contributed by atoms with Crippen LogP contribution in [0, 0.1) is 0 Å². The highest BCUT2D eigenvalue weighted by Crippen LogP contribution is 2.14. The number of rotatable bonds is 16. The quantitative estimate of drug-likeness (QED) is 0.135. The van der Waals surface area contributed by atoms with Crippen LogP contribution >= 0.6 is 0 Å². The first-order valence-corrected chi connectivity index (χ1v) is 10.7. The summed E-state index contributed by atoms with van der Waals surface area (Å²) in [5.41, 5.74) is 0. The third-order valence-corrected chi connectivity index (χ3v) is 4.97. The molecule has 0 saturated heterocycles. The van der Waals surface area contributed by atoms with Crippen molar-refractivity contribution in [3.05, 3.63) is 0 Å². The first kappa shape index (κ1) is 22.8. The molecule has 0 fully saturated rings. The smallest absolute Gasteiger partial charge is 0.268 e. The van der Waals surface area contributed by atoms with Gasteiger partial charge < -0.3 is 4.55 Å². The molecule has 5 nitrogen and oxygen atoms in total. The first-order valence-electron chi connectivity index (χ1n) is 9.34. The Morgan fingerprint density at radius 1 is 0.783 bits per heavy atom. The Bertz CT molecular complexity index is 373. The van der Waals surface area contributed by atoms with Gasteiger partial charge in [0.25, 0.3) is 10.4 Å². The lowest BCUT2D eigenvalue weighted by molar-refractivity contribution is -1.06. The van der Waals surface area contributed by atoms with Crippen LogP contribution in [-0.4, -0.2) is 37.8 Å². The molecule has 0 rings (SSSR count). The summed E-state index contributed by atoms with van der Waals surface area (Å²) in [7, 11) is -2.99. The molecule has 6 heteroatoms. The van der Waals surface area contributed by atoms with Crippen molar-refractivity contribution in [2.24, 2.45) is 0 Å². The maximum Gasteiger partial charge on any atom is 0.268 e. The van der Waals surface area contributed by atoms with Crippen molar-refractivity contribution < 1.29 is 21.9 Å². The highest BCUT2D eigenvalue weighted by molar-refractivity contribution is 7.80. The molecule has 1 atom stereocenters. The van der Waals surface area contributed by atoms with E-state index in [0.717, 1.165) is 12.8 Å². The lowest BCUT2D eigenvalue weighted by atomic mass is 10.1. The molecule has 0 radical (unpaired) electrons. The third-order valence-electron chi connectivity index (χ3n) is 4.42. The van der Waals surface area contributed by atoms with Gasteiger partial charge in [-0.15, -0.1) is 0 Å². The van der Waals surface area contributed by atoms with Crippen LogP contribution in [0.3, 0.4) is 0 Å². The SMILES string of the molecule is CCCCCCCCCCCCCC[N+](C)(CC)OS(=O)(=O)[O-]. The van der Waals surface area contributed by atoms with Crippen LogP contribution in [0.25, 0.3) is 0 Å². The van der Waals surface area contributed by atoms with Crippen molar-refractivity contribution in [2.75, 3.05) is 20.1 Å². The van der Waals surface area contributed by atoms with Gasteiger partial charge in [0.2, 0.25) is 0 Å². The fraction of sp³-hybridized carbons (Fsp3) is 1.00. The van der Waals surface area contributed by atoms with E-state index in [0.29, 0.717) is 13.1 Å². The number of quaternary nitrogens is 1. The molecule has 0 aliphatic carbocycles. The summed E-state index contributed by atoms with van der Waals surface area (Å²) in [6.07, 6.45) is 15.1. The lowest BCUT2D eigenvalue weighted by Gasteiger charge is -2.30. The summed E-state index contributed by atoms with van der Waals surface area (Å²) in [4.78, 5) is 0. The molecule has 23 heavy (non-hydrogen) atoms. The molecule has 0 spiro atoms. The standard InChI is InChI=1S/C17H37NO4S/c1-4-6-7-8-9-10-11-12-13-14-15-16-17-18(3,5-2)22-23(19,20)21/h4-17H2,1-3H3. The Balaban J connectivity index is 3.51. The number of unbranched alkanes of at least 4 members (excludes halogenated alkanes) is 11. The number of nitrogens with zero attached hydrogens (tertiary/aromatic N) is 1. The minimum atomic E-state index is -4.64. The summed E-state index contributed by atoms with van der Waals surface area (Å²) >= 11 is 0. The molecule has 0 aliphatic rings. The second kappa shape index (κ2) is 13.2. The molecule has 0 heterocycles. The molecular formula is C17H37NO4S. The normalized spacial score (nSPS) is 14.8. The van der Waals surface area contributed by atoms with Gasteiger partial charge in [0.15, 0.2) is 0 Å². The molecule has 0 aliphatic heterocycles. The molecule has 1 unspecified atom stereocenters. The first-order chi connectivity index (χ1) is 10.8. The summed E-state index contributed by atoms with van der Waals surface area (Å²) < 4.78 is 36.7. The second-order valence-corrected chi connectivity index (χ2v) is 7.67. The molecule has 0 bridgehead atoms. The van der Waals surface area contributed by atoms with Crippen LogP contribution in [0.5, 0.6) is 0 Å². The van der Waals surface area contributed by atoms with Crippen molar-refractivity contribution in [2.45, 2.75) is 90.9 Å². The maximum absolute atomic E-state index is 10.7. The highest BCUT2D eigenvalue weighted by atomic mass is 32.3. The second-order valence-electron chi connectivity index (χ2n) is 6.71. The van der Waals surface area contributed by atoms with Crippen molar-refractivity contribution in [1.29, 1.82) is 0 Å². The van der Waals surface area contributed by atoms with Crippen molar-refractivity contribution in [3.63, 3.8) is 0 Å². The molecule has 0 aromatic carbocycles. The summed E-state index contributed by atoms with van der Waals surface area (Å²) in [5, 5.41) is 0. The number of hydrogen-bond acceptors (Lipinski definition) is 4. The lowest BCUT2D eigenvalue weighted by Crippen LogP contribution is -2.46. The molecule has 0 saturated carbocycles. The highest BCUT2D eigenvalue weighted by Gasteiger charge is 2.24. The Labute approximate surface area is 143 Å². The number of hydrogen-bond donors (Lipinski definition) is 0. The van der Waals surface area contributed by atoms with E-state index in [4.69, 9.17) is 0 Å². The van der Waals surface area contributed by atoms with E-state index in [9.17, 15) is 13.0 Å². The third kappa shape index (κ3) is 15.1. The van der Waals surface area contributed by atoms with Crippen LogP contribution in [0.15, 0.2) is 0 Å². The van der Waals surface area contributed by atoms with Crippen molar-refractivity contribution in [3.8, 4) is 0 Å². The molecule has 140 valence electrons. The minimum Gasteiger partial charge on any atom is -0.722 e. The van der Waals surface area contributed by atoms with Crippen LogP contribution in [0.4, 0.5) is 0 Å². The van der Waals surface area contributed by atoms with Crippen LogP contribution < -0.4 is 0 Å². The van der Waals surface area contributed by atoms with E-state index in [1.165, 1.54) is 64.2 Å². The monoisotopic (exact) mass is 351 g/mol. The summed E-state index contributed by atoms with van der Waals surface area (Å²) in [6.45, 7) is 5.11. The maximum atomic E-state index is 10.7. The van der Waals surface area contributed by atoms with Gasteiger partial charge in [-0.25, -0.2) is 8.42 Å². The fourth-order valence-corrected chi connectivity index (χ4v) is 3.38. The van der Waals surface area contributed by atoms with Crippen molar-refractivity contribution >= 4 is 10.4 Å². The number of hydroxylamine groups is 3. The van der Waals surface area contributed by atoms with Crippen LogP contribution in [0.1, 0.15) is 90.9 Å². The van der Waals surface area contributed by atoms with E-state index < -0.39 is 10.4 Å². The van der Waals surface area contributed by atoms with Gasteiger partial charge in [0.05, 0.1) is 7.05 Å². The van der Waals surface area contributed by atoms with Gasteiger partial charge >= 0.3 is 0 Å². The average Bonchev–Trinajstić information content (AvgIpc) is 2.46. The molecule has 0 aromatic heterocycles. The molecule has 0 N–H and O–H groups in total. The van der Waals surface area contributed by atoms with Gasteiger partial charge in [-0.1, -0.05) is 75.4 Å². The van der Waals surface area contributed by atoms with E-state index >= 15 is 0 Å². The van der Waals surface area contributed by atoms with E-state index in [-0.39, 0.29) is 4.65 Å². The minimum absolute atomic E-state index is 0.149. The van der Waals surface area contributed by atoms with Gasteiger partial charge in [-0.05, 0) is 19.8 Å². The van der Waals surface area contributed by atoms with E-state index in [2.05, 4.69) is 11.2 Å². The van der Waals surface area contributed by atoms with Crippen LogP contribution in [-0.2, 0) is 14.7 Å².